The highest BCUT2D eigenvalue weighted by molar-refractivity contribution is 6.00. The average molecular weight is 231 g/mol. The van der Waals surface area contributed by atoms with Gasteiger partial charge in [-0.15, -0.1) is 0 Å². The highest BCUT2D eigenvalue weighted by Gasteiger charge is 2.54. The molecule has 6 nitrogen and oxygen atoms in total. The Morgan fingerprint density at radius 2 is 2.41 bits per heavy atom. The quantitative estimate of drug-likeness (QED) is 0.848. The Labute approximate surface area is 98.2 Å². The van der Waals surface area contributed by atoms with Crippen LogP contribution in [0.5, 0.6) is 0 Å². The van der Waals surface area contributed by atoms with Gasteiger partial charge in [0.05, 0.1) is 11.9 Å². The largest absolute Gasteiger partial charge is 0.311 e. The Balaban J connectivity index is 1.88. The molecule has 1 amide bonds. The zero-order valence-corrected chi connectivity index (χ0v) is 9.50. The molecule has 1 saturated carbocycles. The predicted octanol–water partition coefficient (Wildman–Crippen LogP) is 0.758. The Bertz CT molecular complexity index is 512. The second-order valence-corrected chi connectivity index (χ2v) is 4.30. The molecule has 1 N–H and O–H groups in total. The smallest absolute Gasteiger partial charge is 0.254 e. The van der Waals surface area contributed by atoms with Crippen LogP contribution in [0, 0.1) is 0 Å². The lowest BCUT2D eigenvalue weighted by atomic mass is 10.2. The van der Waals surface area contributed by atoms with Gasteiger partial charge >= 0.3 is 0 Å². The number of carbonyl (C=O) groups excluding carboxylic acids is 1. The minimum Gasteiger partial charge on any atom is -0.311 e. The Morgan fingerprint density at radius 1 is 1.59 bits per heavy atom. The molecule has 0 bridgehead atoms. The van der Waals surface area contributed by atoms with Crippen molar-refractivity contribution in [3.63, 3.8) is 0 Å². The number of nitrogens with one attached hydrogen (secondary N) is 1. The second kappa shape index (κ2) is 3.44. The molecule has 6 heteroatoms. The number of carbonyl (C=O) groups is 1. The summed E-state index contributed by atoms with van der Waals surface area (Å²) in [6, 6.07) is 1.84. The average Bonchev–Trinajstić information content (AvgIpc) is 2.84. The molecule has 2 aromatic rings. The third-order valence-electron chi connectivity index (χ3n) is 3.24. The van der Waals surface area contributed by atoms with E-state index in [-0.39, 0.29) is 5.91 Å². The van der Waals surface area contributed by atoms with E-state index in [4.69, 9.17) is 0 Å². The molecule has 88 valence electrons. The van der Waals surface area contributed by atoms with E-state index in [0.29, 0.717) is 0 Å². The molecular weight excluding hydrogens is 218 g/mol. The standard InChI is InChI=1S/C11H13N5O/c1-15(9-7-12-13-8-9)10(17)11(3-4-11)16-6-2-5-14-16/h2,5-8H,3-4H2,1H3,(H,12,13). The molecule has 0 radical (unpaired) electrons. The van der Waals surface area contributed by atoms with Crippen LogP contribution in [0.2, 0.25) is 0 Å². The van der Waals surface area contributed by atoms with Gasteiger partial charge in [0.2, 0.25) is 0 Å². The zero-order valence-electron chi connectivity index (χ0n) is 9.50. The van der Waals surface area contributed by atoms with E-state index >= 15 is 0 Å². The summed E-state index contributed by atoms with van der Waals surface area (Å²) < 4.78 is 1.76. The van der Waals surface area contributed by atoms with Gasteiger partial charge in [-0.1, -0.05) is 0 Å². The molecule has 0 saturated heterocycles. The van der Waals surface area contributed by atoms with Gasteiger partial charge in [-0.05, 0) is 18.9 Å². The highest BCUT2D eigenvalue weighted by atomic mass is 16.2. The van der Waals surface area contributed by atoms with E-state index in [0.717, 1.165) is 18.5 Å². The number of rotatable bonds is 3. The molecule has 3 rings (SSSR count). The molecule has 0 aromatic carbocycles. The lowest BCUT2D eigenvalue weighted by molar-refractivity contribution is -0.123. The van der Waals surface area contributed by atoms with Gasteiger partial charge in [0.25, 0.3) is 5.91 Å². The minimum atomic E-state index is -0.477. The predicted molar refractivity (Wildman–Crippen MR) is 61.4 cm³/mol. The maximum Gasteiger partial charge on any atom is 0.254 e. The number of aromatic amines is 1. The molecule has 1 aliphatic carbocycles. The number of amides is 1. The first-order chi connectivity index (χ1) is 8.24. The van der Waals surface area contributed by atoms with Crippen LogP contribution in [0.25, 0.3) is 0 Å². The first-order valence-corrected chi connectivity index (χ1v) is 5.51. The van der Waals surface area contributed by atoms with E-state index in [1.165, 1.54) is 0 Å². The van der Waals surface area contributed by atoms with Gasteiger partial charge in [0.15, 0.2) is 0 Å². The summed E-state index contributed by atoms with van der Waals surface area (Å²) in [5, 5.41) is 10.7. The Hall–Kier alpha value is -2.11. The molecule has 0 aliphatic heterocycles. The first-order valence-electron chi connectivity index (χ1n) is 5.51. The Morgan fingerprint density at radius 3 is 2.94 bits per heavy atom. The van der Waals surface area contributed by atoms with E-state index < -0.39 is 5.54 Å². The molecule has 2 heterocycles. The number of hydrogen-bond donors (Lipinski definition) is 1. The van der Waals surface area contributed by atoms with Gasteiger partial charge in [-0.2, -0.15) is 10.2 Å². The van der Waals surface area contributed by atoms with Gasteiger partial charge < -0.3 is 4.90 Å². The molecule has 1 fully saturated rings. The third-order valence-corrected chi connectivity index (χ3v) is 3.24. The van der Waals surface area contributed by atoms with Crippen molar-refractivity contribution in [2.45, 2.75) is 18.4 Å². The van der Waals surface area contributed by atoms with E-state index in [1.54, 1.807) is 35.2 Å². The van der Waals surface area contributed by atoms with Gasteiger partial charge in [-0.3, -0.25) is 14.6 Å². The Kier molecular flexibility index (Phi) is 2.04. The lowest BCUT2D eigenvalue weighted by Crippen LogP contribution is -2.40. The first kappa shape index (κ1) is 10.1. The van der Waals surface area contributed by atoms with Crippen LogP contribution in [-0.4, -0.2) is 32.9 Å². The van der Waals surface area contributed by atoms with Crippen molar-refractivity contribution < 1.29 is 4.79 Å². The monoisotopic (exact) mass is 231 g/mol. The minimum absolute atomic E-state index is 0.0580. The summed E-state index contributed by atoms with van der Waals surface area (Å²) in [5.74, 6) is 0.0580. The van der Waals surface area contributed by atoms with Crippen LogP contribution >= 0.6 is 0 Å². The maximum atomic E-state index is 12.4. The van der Waals surface area contributed by atoms with Crippen molar-refractivity contribution in [1.29, 1.82) is 0 Å². The molecule has 1 aliphatic rings. The maximum absolute atomic E-state index is 12.4. The van der Waals surface area contributed by atoms with Crippen LogP contribution in [0.15, 0.2) is 30.9 Å². The normalized spacial score (nSPS) is 16.8. The molecule has 0 unspecified atom stereocenters. The molecule has 17 heavy (non-hydrogen) atoms. The number of aromatic nitrogens is 4. The summed E-state index contributed by atoms with van der Waals surface area (Å²) >= 11 is 0. The second-order valence-electron chi connectivity index (χ2n) is 4.30. The van der Waals surface area contributed by atoms with Crippen LogP contribution in [0.1, 0.15) is 12.8 Å². The summed E-state index contributed by atoms with van der Waals surface area (Å²) in [6.45, 7) is 0. The SMILES string of the molecule is CN(C(=O)C1(n2cccn2)CC1)c1cn[nH]c1. The van der Waals surface area contributed by atoms with Crippen molar-refractivity contribution in [2.75, 3.05) is 11.9 Å². The highest BCUT2D eigenvalue weighted by Crippen LogP contribution is 2.44. The van der Waals surface area contributed by atoms with Crippen molar-refractivity contribution in [3.05, 3.63) is 30.9 Å². The number of nitrogens with zero attached hydrogens (tertiary/aromatic N) is 4. The molecular formula is C11H13N5O. The fraction of sp³-hybridized carbons (Fsp3) is 0.364. The van der Waals surface area contributed by atoms with E-state index in [9.17, 15) is 4.79 Å². The lowest BCUT2D eigenvalue weighted by Gasteiger charge is -2.22. The van der Waals surface area contributed by atoms with Crippen LogP contribution < -0.4 is 4.90 Å². The van der Waals surface area contributed by atoms with Gasteiger partial charge in [0, 0.05) is 25.6 Å². The summed E-state index contributed by atoms with van der Waals surface area (Å²) in [5.41, 5.74) is 0.295. The number of likely N-dealkylation sites (N-methyl/N-ethyl adjacent to an activating group) is 1. The van der Waals surface area contributed by atoms with E-state index in [2.05, 4.69) is 15.3 Å². The van der Waals surface area contributed by atoms with E-state index in [1.807, 2.05) is 12.3 Å². The van der Waals surface area contributed by atoms with Crippen LogP contribution in [0.4, 0.5) is 5.69 Å². The van der Waals surface area contributed by atoms with Crippen LogP contribution in [-0.2, 0) is 10.3 Å². The molecule has 0 atom stereocenters. The van der Waals surface area contributed by atoms with Crippen molar-refractivity contribution >= 4 is 11.6 Å². The fourth-order valence-corrected chi connectivity index (χ4v) is 2.04. The number of anilines is 1. The topological polar surface area (TPSA) is 66.8 Å². The summed E-state index contributed by atoms with van der Waals surface area (Å²) in [6.07, 6.45) is 8.57. The summed E-state index contributed by atoms with van der Waals surface area (Å²) in [4.78, 5) is 14.1. The van der Waals surface area contributed by atoms with Gasteiger partial charge in [0.1, 0.15) is 5.54 Å². The zero-order chi connectivity index (χ0) is 11.9. The third kappa shape index (κ3) is 1.44. The van der Waals surface area contributed by atoms with Crippen molar-refractivity contribution in [1.82, 2.24) is 20.0 Å². The summed E-state index contributed by atoms with van der Waals surface area (Å²) in [7, 11) is 1.76. The molecule has 0 spiro atoms. The fourth-order valence-electron chi connectivity index (χ4n) is 2.04. The van der Waals surface area contributed by atoms with Crippen molar-refractivity contribution in [3.8, 4) is 0 Å². The number of hydrogen-bond acceptors (Lipinski definition) is 3. The van der Waals surface area contributed by atoms with Crippen LogP contribution in [0.3, 0.4) is 0 Å². The van der Waals surface area contributed by atoms with Gasteiger partial charge in [-0.25, -0.2) is 0 Å². The molecule has 2 aromatic heterocycles. The van der Waals surface area contributed by atoms with Crippen molar-refractivity contribution in [2.24, 2.45) is 0 Å². The number of H-pyrrole nitrogens is 1.